The number of pyridine rings is 1. The first-order chi connectivity index (χ1) is 23.0. The van der Waals surface area contributed by atoms with E-state index in [1.807, 2.05) is 27.7 Å². The zero-order valence-corrected chi connectivity index (χ0v) is 28.4. The van der Waals surface area contributed by atoms with Gasteiger partial charge in [-0.15, -0.1) is 0 Å². The van der Waals surface area contributed by atoms with Crippen LogP contribution in [0.5, 0.6) is 11.5 Å². The molecule has 1 amide bonds. The minimum Gasteiger partial charge on any atom is -0.504 e. The summed E-state index contributed by atoms with van der Waals surface area (Å²) in [4.78, 5) is 39.6. The van der Waals surface area contributed by atoms with Crippen LogP contribution < -0.4 is 15.3 Å². The number of halogens is 3. The molecule has 1 saturated heterocycles. The third-order valence-corrected chi connectivity index (χ3v) is 8.23. The van der Waals surface area contributed by atoms with Gasteiger partial charge in [-0.3, -0.25) is 9.55 Å². The number of carbonyl (C=O) groups is 1. The third-order valence-electron chi connectivity index (χ3n) is 8.23. The summed E-state index contributed by atoms with van der Waals surface area (Å²) in [6, 6.07) is 4.39. The number of aromatic nitrogens is 3. The predicted octanol–water partition coefficient (Wildman–Crippen LogP) is 5.90. The molecule has 4 aromatic rings. The number of phenolic OH excluding ortho intramolecular Hbond substituents is 1. The number of aromatic hydroxyl groups is 1. The standard InChI is InChI=1S/C35H40F3N5O6/c1-18(2)29-30(27(10-11-39-29)48-13-12-44)43-26-15-21(28-23(36)8-9-24(37)31(28)45)25(38)14-22(26)32(40-33(43)46)41-16-20(4)42(17-19(41)3)34(47)49-35(5,6)7/h8-11,14-15,18-20,44-45H,12-13,16-17H2,1-7H3. The first kappa shape index (κ1) is 35.5. The van der Waals surface area contributed by atoms with Gasteiger partial charge in [0.25, 0.3) is 0 Å². The Morgan fingerprint density at radius 3 is 2.39 bits per heavy atom. The van der Waals surface area contributed by atoms with Crippen molar-refractivity contribution in [3.63, 3.8) is 0 Å². The Kier molecular flexibility index (Phi) is 9.82. The summed E-state index contributed by atoms with van der Waals surface area (Å²) in [7, 11) is 0. The molecule has 0 aliphatic carbocycles. The lowest BCUT2D eigenvalue weighted by molar-refractivity contribution is 0.0130. The number of nitrogens with zero attached hydrogens (tertiary/aromatic N) is 5. The van der Waals surface area contributed by atoms with Crippen LogP contribution in [0.2, 0.25) is 0 Å². The van der Waals surface area contributed by atoms with Gasteiger partial charge < -0.3 is 29.5 Å². The van der Waals surface area contributed by atoms with Gasteiger partial charge in [0, 0.05) is 48.4 Å². The first-order valence-electron chi connectivity index (χ1n) is 16.0. The number of rotatable bonds is 7. The van der Waals surface area contributed by atoms with Crippen LogP contribution in [0.4, 0.5) is 23.8 Å². The van der Waals surface area contributed by atoms with E-state index in [0.717, 1.165) is 28.8 Å². The summed E-state index contributed by atoms with van der Waals surface area (Å²) in [6.07, 6.45) is 0.986. The Balaban J connectivity index is 1.80. The molecule has 49 heavy (non-hydrogen) atoms. The fourth-order valence-corrected chi connectivity index (χ4v) is 6.02. The highest BCUT2D eigenvalue weighted by Gasteiger charge is 2.37. The molecule has 262 valence electrons. The first-order valence-corrected chi connectivity index (χ1v) is 16.0. The number of phenols is 1. The lowest BCUT2D eigenvalue weighted by Crippen LogP contribution is -2.59. The molecule has 0 radical (unpaired) electrons. The topological polar surface area (TPSA) is 130 Å². The second-order valence-corrected chi connectivity index (χ2v) is 13.4. The highest BCUT2D eigenvalue weighted by molar-refractivity contribution is 5.95. The van der Waals surface area contributed by atoms with Crippen LogP contribution in [0, 0.1) is 17.5 Å². The molecule has 11 nitrogen and oxygen atoms in total. The van der Waals surface area contributed by atoms with Gasteiger partial charge >= 0.3 is 11.8 Å². The minimum atomic E-state index is -1.16. The Labute approximate surface area is 281 Å². The number of hydrogen-bond donors (Lipinski definition) is 2. The normalized spacial score (nSPS) is 16.8. The van der Waals surface area contributed by atoms with E-state index >= 15 is 8.78 Å². The summed E-state index contributed by atoms with van der Waals surface area (Å²) >= 11 is 0. The molecule has 0 bridgehead atoms. The van der Waals surface area contributed by atoms with Crippen LogP contribution in [-0.4, -0.2) is 79.7 Å². The van der Waals surface area contributed by atoms with E-state index in [1.54, 1.807) is 30.6 Å². The number of hydrogen-bond acceptors (Lipinski definition) is 9. The van der Waals surface area contributed by atoms with Gasteiger partial charge in [-0.25, -0.2) is 22.8 Å². The molecule has 1 fully saturated rings. The molecule has 0 saturated carbocycles. The number of piperazine rings is 1. The van der Waals surface area contributed by atoms with Gasteiger partial charge in [-0.05, 0) is 64.8 Å². The minimum absolute atomic E-state index is 0.0348. The average molecular weight is 684 g/mol. The number of aliphatic hydroxyl groups is 1. The fourth-order valence-electron chi connectivity index (χ4n) is 6.02. The monoisotopic (exact) mass is 683 g/mol. The van der Waals surface area contributed by atoms with Crippen LogP contribution in [0.1, 0.15) is 60.1 Å². The maximum Gasteiger partial charge on any atom is 0.410 e. The third kappa shape index (κ3) is 6.87. The summed E-state index contributed by atoms with van der Waals surface area (Å²) in [6.45, 7) is 12.6. The largest absolute Gasteiger partial charge is 0.504 e. The summed E-state index contributed by atoms with van der Waals surface area (Å²) in [5.74, 6) is -4.36. The number of ether oxygens (including phenoxy) is 2. The zero-order valence-electron chi connectivity index (χ0n) is 28.4. The lowest BCUT2D eigenvalue weighted by Gasteiger charge is -2.45. The second kappa shape index (κ2) is 13.6. The van der Waals surface area contributed by atoms with E-state index in [9.17, 15) is 24.2 Å². The molecule has 0 spiro atoms. The Hall–Kier alpha value is -4.85. The van der Waals surface area contributed by atoms with Gasteiger partial charge in [0.1, 0.15) is 41.1 Å². The zero-order chi connectivity index (χ0) is 35.9. The maximum atomic E-state index is 16.2. The van der Waals surface area contributed by atoms with Crippen molar-refractivity contribution in [1.82, 2.24) is 19.4 Å². The summed E-state index contributed by atoms with van der Waals surface area (Å²) in [5.41, 5.74) is -2.15. The predicted molar refractivity (Wildman–Crippen MR) is 178 cm³/mol. The number of anilines is 1. The molecular formula is C35H40F3N5O6. The number of aliphatic hydroxyl groups excluding tert-OH is 1. The van der Waals surface area contributed by atoms with Crippen molar-refractivity contribution in [3.05, 3.63) is 70.2 Å². The quantitative estimate of drug-likeness (QED) is 0.245. The van der Waals surface area contributed by atoms with Crippen molar-refractivity contribution in [2.45, 2.75) is 72.1 Å². The molecule has 3 heterocycles. The summed E-state index contributed by atoms with van der Waals surface area (Å²) in [5, 5.41) is 20.2. The van der Waals surface area contributed by atoms with E-state index in [-0.39, 0.29) is 60.4 Å². The van der Waals surface area contributed by atoms with Crippen molar-refractivity contribution >= 4 is 22.8 Å². The number of amides is 1. The van der Waals surface area contributed by atoms with Gasteiger partial charge in [0.2, 0.25) is 0 Å². The molecule has 2 aromatic heterocycles. The SMILES string of the molecule is CC(C)c1nccc(OCCO)c1-n1c(=O)nc(N2CC(C)N(C(=O)OC(C)(C)C)CC2C)c2cc(F)c(-c3c(F)ccc(F)c3O)cc21. The molecule has 2 unspecified atom stereocenters. The van der Waals surface area contributed by atoms with Crippen LogP contribution >= 0.6 is 0 Å². The second-order valence-electron chi connectivity index (χ2n) is 13.4. The Morgan fingerprint density at radius 1 is 1.04 bits per heavy atom. The molecule has 1 aliphatic heterocycles. The van der Waals surface area contributed by atoms with Crippen molar-refractivity contribution in [3.8, 4) is 28.3 Å². The molecule has 2 N–H and O–H groups in total. The van der Waals surface area contributed by atoms with Crippen LogP contribution in [0.15, 0.2) is 41.3 Å². The fraction of sp³-hybridized carbons (Fsp3) is 0.429. The Bertz CT molecular complexity index is 1960. The van der Waals surface area contributed by atoms with E-state index in [4.69, 9.17) is 9.47 Å². The highest BCUT2D eigenvalue weighted by atomic mass is 19.1. The molecular weight excluding hydrogens is 643 g/mol. The van der Waals surface area contributed by atoms with Crippen LogP contribution in [0.3, 0.4) is 0 Å². The van der Waals surface area contributed by atoms with Crippen LogP contribution in [0.25, 0.3) is 27.7 Å². The van der Waals surface area contributed by atoms with Crippen molar-refractivity contribution < 1.29 is 37.7 Å². The van der Waals surface area contributed by atoms with E-state index in [2.05, 4.69) is 9.97 Å². The summed E-state index contributed by atoms with van der Waals surface area (Å²) < 4.78 is 58.4. The van der Waals surface area contributed by atoms with Gasteiger partial charge in [0.15, 0.2) is 11.6 Å². The maximum absolute atomic E-state index is 16.2. The Morgan fingerprint density at radius 2 is 1.73 bits per heavy atom. The smallest absolute Gasteiger partial charge is 0.410 e. The molecule has 5 rings (SSSR count). The van der Waals surface area contributed by atoms with E-state index < -0.39 is 63.8 Å². The number of carbonyl (C=O) groups excluding carboxylic acids is 1. The highest BCUT2D eigenvalue weighted by Crippen LogP contribution is 2.40. The molecule has 1 aliphatic rings. The van der Waals surface area contributed by atoms with Gasteiger partial charge in [-0.1, -0.05) is 13.8 Å². The van der Waals surface area contributed by atoms with Crippen molar-refractivity contribution in [2.75, 3.05) is 31.2 Å². The van der Waals surface area contributed by atoms with E-state index in [0.29, 0.717) is 5.69 Å². The van der Waals surface area contributed by atoms with Crippen LogP contribution in [-0.2, 0) is 4.74 Å². The lowest BCUT2D eigenvalue weighted by atomic mass is 9.99. The average Bonchev–Trinajstić information content (AvgIpc) is 3.02. The number of benzene rings is 2. The molecule has 2 aromatic carbocycles. The number of fused-ring (bicyclic) bond motifs is 1. The van der Waals surface area contributed by atoms with E-state index in [1.165, 1.54) is 12.3 Å². The van der Waals surface area contributed by atoms with Crippen molar-refractivity contribution in [2.24, 2.45) is 0 Å². The van der Waals surface area contributed by atoms with Crippen molar-refractivity contribution in [1.29, 1.82) is 0 Å². The van der Waals surface area contributed by atoms with Gasteiger partial charge in [-0.2, -0.15) is 4.98 Å². The molecule has 2 atom stereocenters. The van der Waals surface area contributed by atoms with Gasteiger partial charge in [0.05, 0.1) is 23.4 Å². The molecule has 14 heteroatoms.